The molecule has 3 saturated heterocycles. The van der Waals surface area contributed by atoms with Crippen LogP contribution in [0.25, 0.3) is 0 Å². The first-order valence-electron chi connectivity index (χ1n) is 34.9. The van der Waals surface area contributed by atoms with E-state index < -0.39 is 135 Å². The van der Waals surface area contributed by atoms with Crippen molar-refractivity contribution in [2.75, 3.05) is 119 Å². The lowest BCUT2D eigenvalue weighted by molar-refractivity contribution is -0.270. The number of rotatable bonds is 53. The van der Waals surface area contributed by atoms with Crippen molar-refractivity contribution in [3.05, 3.63) is 0 Å². The van der Waals surface area contributed by atoms with Crippen LogP contribution in [-0.2, 0) is 85.8 Å². The smallest absolute Gasteiger partial charge is 0.245 e. The number of amides is 9. The molecule has 0 bridgehead atoms. The van der Waals surface area contributed by atoms with Crippen molar-refractivity contribution in [3.63, 3.8) is 0 Å². The van der Waals surface area contributed by atoms with Gasteiger partial charge in [0, 0.05) is 111 Å². The molecular weight excluding hydrogens is 1340 g/mol. The number of carbonyl (C=O) groups excluding carboxylic acids is 9. The van der Waals surface area contributed by atoms with Crippen LogP contribution in [0.1, 0.15) is 131 Å². The normalized spacial score (nSPS) is 25.2. The Morgan fingerprint density at radius 1 is 0.366 bits per heavy atom. The molecule has 584 valence electrons. The number of nitrogens with one attached hydrogen (secondary N) is 10. The molecule has 0 aliphatic carbocycles. The first kappa shape index (κ1) is 89.7. The highest BCUT2D eigenvalue weighted by Gasteiger charge is 2.48. The molecule has 101 heavy (non-hydrogen) atoms. The van der Waals surface area contributed by atoms with Gasteiger partial charge in [0.25, 0.3) is 0 Å². The Labute approximate surface area is 589 Å². The van der Waals surface area contributed by atoms with Crippen molar-refractivity contribution in [3.8, 4) is 0 Å². The van der Waals surface area contributed by atoms with Gasteiger partial charge in [-0.05, 0) is 77.0 Å². The van der Waals surface area contributed by atoms with Gasteiger partial charge in [0.2, 0.25) is 53.2 Å². The zero-order valence-electron chi connectivity index (χ0n) is 58.9. The average molecular weight is 1460 g/mol. The summed E-state index contributed by atoms with van der Waals surface area (Å²) in [6.07, 6.45) is -9.36. The molecule has 0 aromatic carbocycles. The topological polar surface area (TPSA) is 539 Å². The number of hydrogen-bond donors (Lipinski definition) is 19. The number of carbonyl (C=O) groups is 9. The van der Waals surface area contributed by atoms with E-state index >= 15 is 0 Å². The van der Waals surface area contributed by atoms with E-state index in [1.54, 1.807) is 0 Å². The average Bonchev–Trinajstić information content (AvgIpc) is 0.824. The third kappa shape index (κ3) is 36.2. The maximum Gasteiger partial charge on any atom is 0.245 e. The molecule has 3 rings (SSSR count). The first-order chi connectivity index (χ1) is 48.2. The van der Waals surface area contributed by atoms with Crippen LogP contribution in [0.2, 0.25) is 0 Å². The Kier molecular flexibility index (Phi) is 45.1. The van der Waals surface area contributed by atoms with Gasteiger partial charge >= 0.3 is 0 Å². The molecule has 0 saturated carbocycles. The van der Waals surface area contributed by atoms with Gasteiger partial charge in [0.05, 0.1) is 39.6 Å². The quantitative estimate of drug-likeness (QED) is 0.0252. The fourth-order valence-corrected chi connectivity index (χ4v) is 11.3. The number of hydrogen-bond acceptors (Lipinski definition) is 28. The summed E-state index contributed by atoms with van der Waals surface area (Å²) >= 11 is 0. The van der Waals surface area contributed by atoms with Crippen LogP contribution in [0, 0.1) is 0 Å². The minimum absolute atomic E-state index is 0.00895. The predicted molar refractivity (Wildman–Crippen MR) is 355 cm³/mol. The highest BCUT2D eigenvalue weighted by Crippen LogP contribution is 2.28. The van der Waals surface area contributed by atoms with E-state index in [-0.39, 0.29) is 159 Å². The van der Waals surface area contributed by atoms with Crippen LogP contribution < -0.4 is 53.2 Å². The van der Waals surface area contributed by atoms with E-state index in [0.29, 0.717) is 77.4 Å². The fraction of sp³-hybridized carbons (Fsp3) is 0.859. The number of aliphatic hydroxyl groups excluding tert-OH is 9. The molecule has 0 unspecified atom stereocenters. The van der Waals surface area contributed by atoms with Crippen LogP contribution in [0.5, 0.6) is 0 Å². The van der Waals surface area contributed by atoms with Gasteiger partial charge in [0.15, 0.2) is 18.9 Å². The number of ether oxygens (including phenoxy) is 9. The minimum atomic E-state index is -1.43. The lowest BCUT2D eigenvalue weighted by atomic mass is 9.82. The Balaban J connectivity index is 1.41. The van der Waals surface area contributed by atoms with E-state index in [4.69, 9.17) is 42.6 Å². The highest BCUT2D eigenvalue weighted by atomic mass is 16.7. The molecule has 0 spiro atoms. The summed E-state index contributed by atoms with van der Waals surface area (Å²) in [5, 5.41) is 118. The Morgan fingerprint density at radius 3 is 0.881 bits per heavy atom. The zero-order chi connectivity index (χ0) is 74.7. The van der Waals surface area contributed by atoms with Crippen LogP contribution in [0.3, 0.4) is 0 Å². The van der Waals surface area contributed by atoms with Crippen molar-refractivity contribution < 1.29 is 132 Å². The molecule has 15 atom stereocenters. The van der Waals surface area contributed by atoms with Gasteiger partial charge in [-0.25, -0.2) is 0 Å². The zero-order valence-corrected chi connectivity index (χ0v) is 58.9. The third-order valence-electron chi connectivity index (χ3n) is 16.5. The second-order valence-corrected chi connectivity index (χ2v) is 25.4. The van der Waals surface area contributed by atoms with E-state index in [1.165, 1.54) is 20.8 Å². The van der Waals surface area contributed by atoms with Crippen molar-refractivity contribution in [2.24, 2.45) is 0 Å². The summed E-state index contributed by atoms with van der Waals surface area (Å²) in [4.78, 5) is 112. The van der Waals surface area contributed by atoms with E-state index in [2.05, 4.69) is 53.2 Å². The molecule has 3 fully saturated rings. The Bertz CT molecular complexity index is 2180. The third-order valence-corrected chi connectivity index (χ3v) is 16.5. The van der Waals surface area contributed by atoms with Crippen LogP contribution >= 0.6 is 0 Å². The van der Waals surface area contributed by atoms with Gasteiger partial charge in [-0.2, -0.15) is 0 Å². The van der Waals surface area contributed by atoms with E-state index in [9.17, 15) is 89.1 Å². The summed E-state index contributed by atoms with van der Waals surface area (Å²) in [5.41, 5.74) is -0.902. The van der Waals surface area contributed by atoms with Crippen LogP contribution in [0.15, 0.2) is 0 Å². The lowest BCUT2D eigenvalue weighted by Gasteiger charge is -2.42. The molecule has 3 aliphatic rings. The predicted octanol–water partition coefficient (Wildman–Crippen LogP) is -6.80. The second-order valence-electron chi connectivity index (χ2n) is 25.4. The summed E-state index contributed by atoms with van der Waals surface area (Å²) < 4.78 is 50.3. The maximum atomic E-state index is 13.3. The standard InChI is InChI=1S/C64H116N10O27/c1-39(2)74-64(18-15-46(81)68-24-30-93-36-49(84)65-21-9-6-12-27-96-61-52(71-40(3)78)58(90)55(87)43(33-75)99-61,19-16-47(82)69-25-31-94-37-50(85)66-22-10-7-13-28-97-62-53(72-41(4)79)59(91)56(88)44(34-76)100-62)20-17-48(83)70-26-32-95-38-51(86)67-23-11-8-14-29-98-63-54(73-42(5)80)60(92)57(89)45(35-77)101-63/h39,43-45,52-63,74-77,87-92H,6-38H2,1-5H3,(H,65,84)(H,66,85)(H,67,86)(H,68,81)(H,69,82)(H,70,83)(H,71,78)(H,72,79)(H,73,80)/t43-,44-,45-,52-,53-,54-,55+,56+,57+,58-,59-,60-,61-,62-,63-/m1/s1. The van der Waals surface area contributed by atoms with Crippen LogP contribution in [0.4, 0.5) is 0 Å². The molecule has 37 nitrogen and oxygen atoms in total. The van der Waals surface area contributed by atoms with E-state index in [0.717, 1.165) is 0 Å². The SMILES string of the molecule is CC(=O)N[C@H]1[C@H](OCCCCCNC(=O)COCCNC(=O)CCC(CCC(=O)NCCOCC(=O)NCCCCCO[C@@H]2O[C@H](CO)[C@H](O)[C@H](O)[C@H]2NC(C)=O)(CCC(=O)NCCOCC(=O)NCCCCCO[C@@H]2O[C@H](CO)[C@H](O)[C@H](O)[C@H]2NC(C)=O)NC(C)C)O[C@H](CO)[C@H](O)[C@@H]1O. The summed E-state index contributed by atoms with van der Waals surface area (Å²) in [7, 11) is 0. The lowest BCUT2D eigenvalue weighted by Crippen LogP contribution is -2.64. The molecule has 3 heterocycles. The molecule has 3 aliphatic heterocycles. The summed E-state index contributed by atoms with van der Waals surface area (Å²) in [5.74, 6) is -3.56. The molecule has 0 aromatic heterocycles. The van der Waals surface area contributed by atoms with Gasteiger partial charge in [0.1, 0.15) is 92.9 Å². The Hall–Kier alpha value is -5.53. The van der Waals surface area contributed by atoms with Crippen molar-refractivity contribution in [1.29, 1.82) is 0 Å². The second kappa shape index (κ2) is 50.8. The van der Waals surface area contributed by atoms with Gasteiger partial charge in [-0.1, -0.05) is 13.8 Å². The monoisotopic (exact) mass is 1460 g/mol. The van der Waals surface area contributed by atoms with Crippen LogP contribution in [-0.4, -0.2) is 321 Å². The largest absolute Gasteiger partial charge is 0.394 e. The van der Waals surface area contributed by atoms with Gasteiger partial charge < -0.3 is 142 Å². The molecule has 9 amide bonds. The van der Waals surface area contributed by atoms with Crippen molar-refractivity contribution in [2.45, 2.75) is 234 Å². The number of unbranched alkanes of at least 4 members (excludes halogenated alkanes) is 6. The number of aliphatic hydroxyl groups is 9. The van der Waals surface area contributed by atoms with Gasteiger partial charge in [-0.15, -0.1) is 0 Å². The maximum absolute atomic E-state index is 13.3. The molecular formula is C64H116N10O27. The fourth-order valence-electron chi connectivity index (χ4n) is 11.3. The highest BCUT2D eigenvalue weighted by molar-refractivity contribution is 5.79. The molecule has 37 heteroatoms. The Morgan fingerprint density at radius 2 is 0.634 bits per heavy atom. The van der Waals surface area contributed by atoms with E-state index in [1.807, 2.05) is 13.8 Å². The molecule has 0 aromatic rings. The summed E-state index contributed by atoms with van der Waals surface area (Å²) in [6.45, 7) is 6.80. The minimum Gasteiger partial charge on any atom is -0.394 e. The van der Waals surface area contributed by atoms with Gasteiger partial charge in [-0.3, -0.25) is 43.2 Å². The molecule has 0 radical (unpaired) electrons. The first-order valence-corrected chi connectivity index (χ1v) is 34.9. The van der Waals surface area contributed by atoms with Crippen molar-refractivity contribution >= 4 is 53.2 Å². The molecule has 19 N–H and O–H groups in total. The van der Waals surface area contributed by atoms with Crippen molar-refractivity contribution in [1.82, 2.24) is 53.2 Å². The summed E-state index contributed by atoms with van der Waals surface area (Å²) in [6, 6.07) is -3.31.